The molecule has 0 spiro atoms. The number of rotatable bonds is 9. The molecule has 0 aliphatic carbocycles. The molecule has 0 saturated carbocycles. The van der Waals surface area contributed by atoms with Crippen molar-refractivity contribution in [3.8, 4) is 0 Å². The summed E-state index contributed by atoms with van der Waals surface area (Å²) in [6, 6.07) is 0.0907. The van der Waals surface area contributed by atoms with Crippen LogP contribution in [0.1, 0.15) is 34.6 Å². The Balaban J connectivity index is 4.19. The van der Waals surface area contributed by atoms with Crippen molar-refractivity contribution in [3.05, 3.63) is 0 Å². The molecule has 120 valence electrons. The van der Waals surface area contributed by atoms with Gasteiger partial charge in [-0.1, -0.05) is 6.92 Å². The molecular formula is C14H31N3O3. The lowest BCUT2D eigenvalue weighted by molar-refractivity contribution is 0.0498. The predicted molar refractivity (Wildman–Crippen MR) is 80.8 cm³/mol. The Morgan fingerprint density at radius 3 is 2.45 bits per heavy atom. The maximum Gasteiger partial charge on any atom is 0.407 e. The molecule has 0 heterocycles. The molecule has 0 radical (unpaired) electrons. The lowest BCUT2D eigenvalue weighted by Crippen LogP contribution is -2.49. The molecule has 0 aliphatic rings. The van der Waals surface area contributed by atoms with E-state index in [1.165, 1.54) is 0 Å². The average molecular weight is 289 g/mol. The van der Waals surface area contributed by atoms with Crippen LogP contribution < -0.4 is 11.1 Å². The van der Waals surface area contributed by atoms with Gasteiger partial charge in [-0.3, -0.25) is 4.90 Å². The monoisotopic (exact) mass is 289 g/mol. The minimum Gasteiger partial charge on any atom is -0.444 e. The standard InChI is InChI=1S/C14H31N3O3/c1-6-17(8-9-19-7-2)12(10-15)11-16-13(18)20-14(3,4)5/h12H,6-11,15H2,1-5H3,(H,16,18). The fourth-order valence-electron chi connectivity index (χ4n) is 1.80. The van der Waals surface area contributed by atoms with Crippen LogP contribution in [0.15, 0.2) is 0 Å². The van der Waals surface area contributed by atoms with E-state index in [1.807, 2.05) is 27.7 Å². The van der Waals surface area contributed by atoms with Crippen LogP contribution in [0.25, 0.3) is 0 Å². The van der Waals surface area contributed by atoms with Crippen molar-refractivity contribution in [1.82, 2.24) is 10.2 Å². The Hall–Kier alpha value is -0.850. The highest BCUT2D eigenvalue weighted by molar-refractivity contribution is 5.67. The van der Waals surface area contributed by atoms with Gasteiger partial charge in [0.15, 0.2) is 0 Å². The van der Waals surface area contributed by atoms with Crippen molar-refractivity contribution in [3.63, 3.8) is 0 Å². The molecule has 1 unspecified atom stereocenters. The first-order valence-corrected chi connectivity index (χ1v) is 7.32. The molecule has 6 heteroatoms. The molecule has 0 aromatic heterocycles. The van der Waals surface area contributed by atoms with E-state index in [4.69, 9.17) is 15.2 Å². The fraction of sp³-hybridized carbons (Fsp3) is 0.929. The van der Waals surface area contributed by atoms with Gasteiger partial charge in [0.05, 0.1) is 6.61 Å². The van der Waals surface area contributed by atoms with Crippen molar-refractivity contribution >= 4 is 6.09 Å². The Kier molecular flexibility index (Phi) is 9.54. The van der Waals surface area contributed by atoms with E-state index in [2.05, 4.69) is 17.1 Å². The van der Waals surface area contributed by atoms with Gasteiger partial charge in [0, 0.05) is 32.3 Å². The van der Waals surface area contributed by atoms with Crippen LogP contribution in [-0.2, 0) is 9.47 Å². The van der Waals surface area contributed by atoms with Gasteiger partial charge in [-0.15, -0.1) is 0 Å². The van der Waals surface area contributed by atoms with Crippen LogP contribution >= 0.6 is 0 Å². The molecule has 0 fully saturated rings. The summed E-state index contributed by atoms with van der Waals surface area (Å²) in [5, 5.41) is 2.77. The molecule has 0 bridgehead atoms. The van der Waals surface area contributed by atoms with E-state index >= 15 is 0 Å². The number of likely N-dealkylation sites (N-methyl/N-ethyl adjacent to an activating group) is 1. The molecular weight excluding hydrogens is 258 g/mol. The second-order valence-corrected chi connectivity index (χ2v) is 5.60. The fourth-order valence-corrected chi connectivity index (χ4v) is 1.80. The summed E-state index contributed by atoms with van der Waals surface area (Å²) in [4.78, 5) is 13.8. The van der Waals surface area contributed by atoms with Crippen LogP contribution in [0.2, 0.25) is 0 Å². The van der Waals surface area contributed by atoms with Crippen LogP contribution in [-0.4, -0.2) is 62.0 Å². The molecule has 1 atom stereocenters. The van der Waals surface area contributed by atoms with Gasteiger partial charge in [0.25, 0.3) is 0 Å². The quantitative estimate of drug-likeness (QED) is 0.624. The van der Waals surface area contributed by atoms with Crippen LogP contribution in [0.4, 0.5) is 4.79 Å². The van der Waals surface area contributed by atoms with Gasteiger partial charge < -0.3 is 20.5 Å². The van der Waals surface area contributed by atoms with Gasteiger partial charge in [-0.05, 0) is 34.2 Å². The van der Waals surface area contributed by atoms with E-state index in [9.17, 15) is 4.79 Å². The minimum atomic E-state index is -0.484. The molecule has 6 nitrogen and oxygen atoms in total. The average Bonchev–Trinajstić information content (AvgIpc) is 2.35. The number of hydrogen-bond acceptors (Lipinski definition) is 5. The van der Waals surface area contributed by atoms with Crippen LogP contribution in [0.3, 0.4) is 0 Å². The summed E-state index contributed by atoms with van der Waals surface area (Å²) in [5.41, 5.74) is 5.31. The van der Waals surface area contributed by atoms with E-state index in [-0.39, 0.29) is 6.04 Å². The third-order valence-corrected chi connectivity index (χ3v) is 2.80. The topological polar surface area (TPSA) is 76.8 Å². The number of carbonyl (C=O) groups is 1. The van der Waals surface area contributed by atoms with E-state index < -0.39 is 11.7 Å². The maximum absolute atomic E-state index is 11.6. The second-order valence-electron chi connectivity index (χ2n) is 5.60. The predicted octanol–water partition coefficient (Wildman–Crippen LogP) is 1.20. The first kappa shape index (κ1) is 19.1. The Morgan fingerprint density at radius 2 is 2.00 bits per heavy atom. The molecule has 1 amide bonds. The van der Waals surface area contributed by atoms with E-state index in [0.717, 1.165) is 13.1 Å². The zero-order chi connectivity index (χ0) is 15.6. The molecule has 0 saturated heterocycles. The largest absolute Gasteiger partial charge is 0.444 e. The number of alkyl carbamates (subject to hydrolysis) is 1. The SMILES string of the molecule is CCOCCN(CC)C(CN)CNC(=O)OC(C)(C)C. The smallest absolute Gasteiger partial charge is 0.407 e. The van der Waals surface area contributed by atoms with Crippen molar-refractivity contribution in [2.24, 2.45) is 5.73 Å². The number of nitrogens with zero attached hydrogens (tertiary/aromatic N) is 1. The lowest BCUT2D eigenvalue weighted by atomic mass is 10.2. The zero-order valence-corrected chi connectivity index (χ0v) is 13.6. The minimum absolute atomic E-state index is 0.0907. The maximum atomic E-state index is 11.6. The number of ether oxygens (including phenoxy) is 2. The van der Waals surface area contributed by atoms with Gasteiger partial charge in [-0.2, -0.15) is 0 Å². The Morgan fingerprint density at radius 1 is 1.35 bits per heavy atom. The van der Waals surface area contributed by atoms with Crippen molar-refractivity contribution < 1.29 is 14.3 Å². The molecule has 20 heavy (non-hydrogen) atoms. The van der Waals surface area contributed by atoms with Gasteiger partial charge >= 0.3 is 6.09 Å². The van der Waals surface area contributed by atoms with Gasteiger partial charge in [-0.25, -0.2) is 4.79 Å². The third-order valence-electron chi connectivity index (χ3n) is 2.80. The summed E-state index contributed by atoms with van der Waals surface area (Å²) < 4.78 is 10.6. The molecule has 0 rings (SSSR count). The zero-order valence-electron chi connectivity index (χ0n) is 13.6. The summed E-state index contributed by atoms with van der Waals surface area (Å²) >= 11 is 0. The van der Waals surface area contributed by atoms with E-state index in [0.29, 0.717) is 26.3 Å². The number of nitrogens with two attached hydrogens (primary N) is 1. The highest BCUT2D eigenvalue weighted by atomic mass is 16.6. The lowest BCUT2D eigenvalue weighted by Gasteiger charge is -2.30. The van der Waals surface area contributed by atoms with Crippen molar-refractivity contribution in [2.75, 3.05) is 39.4 Å². The second kappa shape index (κ2) is 9.96. The summed E-state index contributed by atoms with van der Waals surface area (Å²) in [6.07, 6.45) is -0.406. The number of hydrogen-bond donors (Lipinski definition) is 2. The Bertz CT molecular complexity index is 267. The highest BCUT2D eigenvalue weighted by Gasteiger charge is 2.19. The molecule has 0 aromatic carbocycles. The van der Waals surface area contributed by atoms with E-state index in [1.54, 1.807) is 0 Å². The normalized spacial score (nSPS) is 13.3. The van der Waals surface area contributed by atoms with Crippen molar-refractivity contribution in [1.29, 1.82) is 0 Å². The van der Waals surface area contributed by atoms with Crippen LogP contribution in [0, 0.1) is 0 Å². The van der Waals surface area contributed by atoms with Gasteiger partial charge in [0.1, 0.15) is 5.60 Å². The Labute approximate surface area is 123 Å². The highest BCUT2D eigenvalue weighted by Crippen LogP contribution is 2.06. The molecule has 0 aromatic rings. The summed E-state index contributed by atoms with van der Waals surface area (Å²) in [5.74, 6) is 0. The summed E-state index contributed by atoms with van der Waals surface area (Å²) in [7, 11) is 0. The third kappa shape index (κ3) is 9.12. The number of nitrogens with one attached hydrogen (secondary N) is 1. The first-order valence-electron chi connectivity index (χ1n) is 7.32. The van der Waals surface area contributed by atoms with Gasteiger partial charge in [0.2, 0.25) is 0 Å². The summed E-state index contributed by atoms with van der Waals surface area (Å²) in [6.45, 7) is 13.6. The van der Waals surface area contributed by atoms with Crippen molar-refractivity contribution in [2.45, 2.75) is 46.3 Å². The first-order chi connectivity index (χ1) is 9.34. The molecule has 3 N–H and O–H groups in total. The van der Waals surface area contributed by atoms with Crippen LogP contribution in [0.5, 0.6) is 0 Å². The number of carbonyl (C=O) groups excluding carboxylic acids is 1. The molecule has 0 aliphatic heterocycles. The number of amides is 1.